The van der Waals surface area contributed by atoms with E-state index >= 15 is 0 Å². The first-order valence-corrected chi connectivity index (χ1v) is 6.98. The average molecular weight is 279 g/mol. The third kappa shape index (κ3) is 2.36. The summed E-state index contributed by atoms with van der Waals surface area (Å²) in [6.45, 7) is 7.91. The molecule has 0 amide bonds. The van der Waals surface area contributed by atoms with Crippen LogP contribution < -0.4 is 0 Å². The third-order valence-electron chi connectivity index (χ3n) is 3.14. The normalized spacial score (nSPS) is 10.7. The van der Waals surface area contributed by atoms with E-state index in [1.54, 1.807) is 11.3 Å². The second-order valence-electron chi connectivity index (χ2n) is 4.60. The molecule has 0 spiro atoms. The molecule has 94 valence electrons. The highest BCUT2D eigenvalue weighted by Crippen LogP contribution is 2.27. The van der Waals surface area contributed by atoms with Crippen LogP contribution in [0.4, 0.5) is 0 Å². The molecule has 0 atom stereocenters. The largest absolute Gasteiger partial charge is 0.288 e. The molecular formula is C15H15ClOS. The minimum absolute atomic E-state index is 0.0912. The number of carbonyl (C=O) groups excluding carboxylic acids is 1. The number of hydrogen-bond donors (Lipinski definition) is 0. The van der Waals surface area contributed by atoms with Crippen molar-refractivity contribution in [3.05, 3.63) is 55.2 Å². The van der Waals surface area contributed by atoms with Crippen molar-refractivity contribution in [2.45, 2.75) is 27.7 Å². The smallest absolute Gasteiger partial charge is 0.203 e. The van der Waals surface area contributed by atoms with E-state index < -0.39 is 0 Å². The fraction of sp³-hybridized carbons (Fsp3) is 0.267. The Hall–Kier alpha value is -1.12. The van der Waals surface area contributed by atoms with Gasteiger partial charge in [-0.3, -0.25) is 4.79 Å². The van der Waals surface area contributed by atoms with Gasteiger partial charge in [0.1, 0.15) is 0 Å². The Balaban J connectivity index is 2.49. The van der Waals surface area contributed by atoms with Gasteiger partial charge in [-0.1, -0.05) is 11.6 Å². The summed E-state index contributed by atoms with van der Waals surface area (Å²) < 4.78 is 0. The zero-order chi connectivity index (χ0) is 13.4. The van der Waals surface area contributed by atoms with Gasteiger partial charge in [0.25, 0.3) is 0 Å². The topological polar surface area (TPSA) is 17.1 Å². The molecule has 3 heteroatoms. The maximum Gasteiger partial charge on any atom is 0.203 e. The Bertz CT molecular complexity index is 606. The fourth-order valence-electron chi connectivity index (χ4n) is 1.84. The quantitative estimate of drug-likeness (QED) is 0.717. The van der Waals surface area contributed by atoms with Gasteiger partial charge in [0.15, 0.2) is 0 Å². The van der Waals surface area contributed by atoms with E-state index in [0.29, 0.717) is 5.02 Å². The number of benzene rings is 1. The molecule has 0 bridgehead atoms. The van der Waals surface area contributed by atoms with Crippen molar-refractivity contribution >= 4 is 28.7 Å². The van der Waals surface area contributed by atoms with Gasteiger partial charge in [-0.15, -0.1) is 11.3 Å². The van der Waals surface area contributed by atoms with Gasteiger partial charge in [-0.05, 0) is 62.6 Å². The van der Waals surface area contributed by atoms with Crippen molar-refractivity contribution in [1.82, 2.24) is 0 Å². The Morgan fingerprint density at radius 2 is 1.67 bits per heavy atom. The molecule has 0 aliphatic heterocycles. The molecule has 2 aromatic rings. The van der Waals surface area contributed by atoms with Crippen LogP contribution in [0.2, 0.25) is 5.02 Å². The number of rotatable bonds is 2. The minimum Gasteiger partial charge on any atom is -0.288 e. The summed E-state index contributed by atoms with van der Waals surface area (Å²) in [5.74, 6) is 0.0912. The summed E-state index contributed by atoms with van der Waals surface area (Å²) in [4.78, 5) is 14.5. The van der Waals surface area contributed by atoms with Crippen LogP contribution in [0.3, 0.4) is 0 Å². The molecule has 1 nitrogen and oxygen atoms in total. The number of aryl methyl sites for hydroxylation is 4. The van der Waals surface area contributed by atoms with Gasteiger partial charge in [0.05, 0.1) is 4.88 Å². The van der Waals surface area contributed by atoms with Crippen LogP contribution >= 0.6 is 22.9 Å². The van der Waals surface area contributed by atoms with Crippen molar-refractivity contribution in [3.8, 4) is 0 Å². The predicted molar refractivity (Wildman–Crippen MR) is 78.2 cm³/mol. The lowest BCUT2D eigenvalue weighted by Crippen LogP contribution is -2.02. The molecule has 0 radical (unpaired) electrons. The summed E-state index contributed by atoms with van der Waals surface area (Å²) in [6.07, 6.45) is 0. The molecule has 1 aromatic heterocycles. The molecule has 0 saturated heterocycles. The Kier molecular flexibility index (Phi) is 3.60. The summed E-state index contributed by atoms with van der Waals surface area (Å²) in [7, 11) is 0. The average Bonchev–Trinajstić information content (AvgIpc) is 2.63. The van der Waals surface area contributed by atoms with Gasteiger partial charge in [-0.25, -0.2) is 0 Å². The first-order valence-electron chi connectivity index (χ1n) is 5.78. The minimum atomic E-state index is 0.0912. The molecule has 1 aromatic carbocycles. The number of hydrogen-bond acceptors (Lipinski definition) is 2. The van der Waals surface area contributed by atoms with Crippen molar-refractivity contribution in [2.24, 2.45) is 0 Å². The highest BCUT2D eigenvalue weighted by atomic mass is 35.5. The second kappa shape index (κ2) is 4.87. The molecule has 18 heavy (non-hydrogen) atoms. The van der Waals surface area contributed by atoms with Gasteiger partial charge < -0.3 is 0 Å². The van der Waals surface area contributed by atoms with Crippen LogP contribution in [0.25, 0.3) is 0 Å². The second-order valence-corrected chi connectivity index (χ2v) is 6.26. The van der Waals surface area contributed by atoms with Crippen LogP contribution in [-0.4, -0.2) is 5.78 Å². The van der Waals surface area contributed by atoms with Gasteiger partial charge in [0, 0.05) is 15.5 Å². The first kappa shape index (κ1) is 13.3. The SMILES string of the molecule is Cc1cc(C(=O)c2cc(C)c(C)s2)c(C)cc1Cl. The molecule has 1 heterocycles. The predicted octanol–water partition coefficient (Wildman–Crippen LogP) is 4.87. The molecular weight excluding hydrogens is 264 g/mol. The van der Waals surface area contributed by atoms with Crippen LogP contribution in [0.5, 0.6) is 0 Å². The van der Waals surface area contributed by atoms with Crippen LogP contribution in [0.1, 0.15) is 36.8 Å². The summed E-state index contributed by atoms with van der Waals surface area (Å²) in [6, 6.07) is 5.70. The van der Waals surface area contributed by atoms with Gasteiger partial charge in [0.2, 0.25) is 5.78 Å². The molecule has 0 N–H and O–H groups in total. The van der Waals surface area contributed by atoms with Crippen molar-refractivity contribution < 1.29 is 4.79 Å². The van der Waals surface area contributed by atoms with E-state index in [-0.39, 0.29) is 5.78 Å². The summed E-state index contributed by atoms with van der Waals surface area (Å²) in [5.41, 5.74) is 3.79. The lowest BCUT2D eigenvalue weighted by molar-refractivity contribution is 0.104. The van der Waals surface area contributed by atoms with E-state index in [4.69, 9.17) is 11.6 Å². The van der Waals surface area contributed by atoms with Crippen molar-refractivity contribution in [3.63, 3.8) is 0 Å². The zero-order valence-electron chi connectivity index (χ0n) is 10.9. The van der Waals surface area contributed by atoms with Crippen LogP contribution in [0.15, 0.2) is 18.2 Å². The lowest BCUT2D eigenvalue weighted by atomic mass is 10.0. The highest BCUT2D eigenvalue weighted by molar-refractivity contribution is 7.14. The molecule has 0 saturated carbocycles. The van der Waals surface area contributed by atoms with E-state index in [1.165, 1.54) is 10.4 Å². The molecule has 0 aliphatic carbocycles. The Morgan fingerprint density at radius 1 is 1.00 bits per heavy atom. The van der Waals surface area contributed by atoms with Crippen LogP contribution in [-0.2, 0) is 0 Å². The molecule has 0 unspecified atom stereocenters. The van der Waals surface area contributed by atoms with E-state index in [9.17, 15) is 4.79 Å². The van der Waals surface area contributed by atoms with E-state index in [2.05, 4.69) is 0 Å². The van der Waals surface area contributed by atoms with Crippen molar-refractivity contribution in [2.75, 3.05) is 0 Å². The molecule has 2 rings (SSSR count). The fourth-order valence-corrected chi connectivity index (χ4v) is 3.05. The molecule has 0 aliphatic rings. The maximum atomic E-state index is 12.5. The monoisotopic (exact) mass is 278 g/mol. The lowest BCUT2D eigenvalue weighted by Gasteiger charge is -2.06. The van der Waals surface area contributed by atoms with Crippen molar-refractivity contribution in [1.29, 1.82) is 0 Å². The number of ketones is 1. The number of carbonyl (C=O) groups is 1. The number of halogens is 1. The van der Waals surface area contributed by atoms with Gasteiger partial charge in [-0.2, -0.15) is 0 Å². The standard InChI is InChI=1S/C15H15ClOS/c1-8-7-14(18-11(8)4)15(17)12-5-10(3)13(16)6-9(12)2/h5-7H,1-4H3. The first-order chi connectivity index (χ1) is 8.40. The summed E-state index contributed by atoms with van der Waals surface area (Å²) >= 11 is 7.61. The number of thiophene rings is 1. The Labute approximate surface area is 116 Å². The van der Waals surface area contributed by atoms with Crippen LogP contribution in [0, 0.1) is 27.7 Å². The Morgan fingerprint density at radius 3 is 2.22 bits per heavy atom. The molecule has 0 fully saturated rings. The van der Waals surface area contributed by atoms with Gasteiger partial charge >= 0.3 is 0 Å². The summed E-state index contributed by atoms with van der Waals surface area (Å²) in [5, 5.41) is 0.711. The maximum absolute atomic E-state index is 12.5. The highest BCUT2D eigenvalue weighted by Gasteiger charge is 2.16. The van der Waals surface area contributed by atoms with E-state index in [1.807, 2.05) is 45.9 Å². The van der Waals surface area contributed by atoms with E-state index in [0.717, 1.165) is 21.6 Å². The third-order valence-corrected chi connectivity index (χ3v) is 4.70. The zero-order valence-corrected chi connectivity index (χ0v) is 12.5.